The van der Waals surface area contributed by atoms with Crippen molar-refractivity contribution in [3.63, 3.8) is 0 Å². The van der Waals surface area contributed by atoms with Crippen molar-refractivity contribution in [2.45, 2.75) is 156 Å². The van der Waals surface area contributed by atoms with E-state index in [0.29, 0.717) is 11.5 Å². The Labute approximate surface area is 258 Å². The SMILES string of the molecule is CCCCCCCCCCC(CSCCCC)(c1cc(C(C)(C)C)c(O)cc1C)c1cc(C(C)(C)C)c(O)cc1C. The largest absolute Gasteiger partial charge is 0.508 e. The Hall–Kier alpha value is -1.61. The number of aryl methyl sites for hydroxylation is 2. The highest BCUT2D eigenvalue weighted by Gasteiger charge is 2.39. The molecule has 232 valence electrons. The highest BCUT2D eigenvalue weighted by Crippen LogP contribution is 2.48. The summed E-state index contributed by atoms with van der Waals surface area (Å²) in [6, 6.07) is 8.68. The van der Waals surface area contributed by atoms with Crippen molar-refractivity contribution in [3.8, 4) is 11.5 Å². The quantitative estimate of drug-likeness (QED) is 0.193. The van der Waals surface area contributed by atoms with Crippen LogP contribution in [0.5, 0.6) is 11.5 Å². The first-order chi connectivity index (χ1) is 19.2. The Bertz CT molecular complexity index is 1020. The fraction of sp³-hybridized carbons (Fsp3) is 0.684. The Kier molecular flexibility index (Phi) is 13.7. The smallest absolute Gasteiger partial charge is 0.119 e. The predicted octanol–water partition coefficient (Wildman–Crippen LogP) is 11.7. The molecule has 0 saturated heterocycles. The molecule has 0 radical (unpaired) electrons. The molecule has 41 heavy (non-hydrogen) atoms. The van der Waals surface area contributed by atoms with Crippen molar-refractivity contribution < 1.29 is 10.2 Å². The van der Waals surface area contributed by atoms with Crippen LogP contribution in [0.3, 0.4) is 0 Å². The average molecular weight is 583 g/mol. The van der Waals surface area contributed by atoms with E-state index >= 15 is 0 Å². The molecule has 2 N–H and O–H groups in total. The third-order valence-electron chi connectivity index (χ3n) is 8.78. The number of rotatable bonds is 16. The number of phenolic OH excluding ortho intramolecular Hbond substituents is 2. The number of phenols is 2. The van der Waals surface area contributed by atoms with Crippen LogP contribution in [-0.4, -0.2) is 21.7 Å². The summed E-state index contributed by atoms with van der Waals surface area (Å²) in [7, 11) is 0. The monoisotopic (exact) mass is 582 g/mol. The third-order valence-corrected chi connectivity index (χ3v) is 10.1. The van der Waals surface area contributed by atoms with Gasteiger partial charge in [0.05, 0.1) is 0 Å². The van der Waals surface area contributed by atoms with Crippen LogP contribution in [0.4, 0.5) is 0 Å². The Balaban J connectivity index is 2.72. The van der Waals surface area contributed by atoms with Crippen LogP contribution in [-0.2, 0) is 16.2 Å². The van der Waals surface area contributed by atoms with Crippen LogP contribution in [0.25, 0.3) is 0 Å². The summed E-state index contributed by atoms with van der Waals surface area (Å²) in [5.74, 6) is 2.96. The van der Waals surface area contributed by atoms with Crippen molar-refractivity contribution in [1.29, 1.82) is 0 Å². The second kappa shape index (κ2) is 15.7. The molecule has 2 rings (SSSR count). The number of hydrogen-bond acceptors (Lipinski definition) is 3. The van der Waals surface area contributed by atoms with Gasteiger partial charge < -0.3 is 10.2 Å². The van der Waals surface area contributed by atoms with Crippen LogP contribution in [0.1, 0.15) is 159 Å². The van der Waals surface area contributed by atoms with E-state index < -0.39 is 0 Å². The summed E-state index contributed by atoms with van der Waals surface area (Å²) in [6.07, 6.45) is 13.9. The maximum atomic E-state index is 11.1. The fourth-order valence-electron chi connectivity index (χ4n) is 6.31. The molecule has 2 nitrogen and oxygen atoms in total. The molecule has 0 atom stereocenters. The zero-order valence-corrected chi connectivity index (χ0v) is 29.1. The lowest BCUT2D eigenvalue weighted by Crippen LogP contribution is -2.34. The Morgan fingerprint density at radius 3 is 1.39 bits per heavy atom. The van der Waals surface area contributed by atoms with Crippen LogP contribution >= 0.6 is 11.8 Å². The molecule has 0 aliphatic carbocycles. The van der Waals surface area contributed by atoms with Gasteiger partial charge in [0.2, 0.25) is 0 Å². The van der Waals surface area contributed by atoms with Crippen molar-refractivity contribution in [1.82, 2.24) is 0 Å². The number of aromatic hydroxyl groups is 2. The number of hydrogen-bond donors (Lipinski definition) is 2. The molecule has 0 aliphatic rings. The molecule has 0 bridgehead atoms. The highest BCUT2D eigenvalue weighted by atomic mass is 32.2. The highest BCUT2D eigenvalue weighted by molar-refractivity contribution is 7.99. The molecule has 0 unspecified atom stereocenters. The van der Waals surface area contributed by atoms with Crippen LogP contribution in [0, 0.1) is 13.8 Å². The number of unbranched alkanes of at least 4 members (excludes halogenated alkanes) is 8. The van der Waals surface area contributed by atoms with Gasteiger partial charge in [-0.1, -0.05) is 125 Å². The molecule has 0 fully saturated rings. The van der Waals surface area contributed by atoms with Crippen LogP contribution < -0.4 is 0 Å². The van der Waals surface area contributed by atoms with Crippen molar-refractivity contribution in [3.05, 3.63) is 57.6 Å². The summed E-state index contributed by atoms with van der Waals surface area (Å²) in [5.41, 5.74) is 6.54. The summed E-state index contributed by atoms with van der Waals surface area (Å²) in [4.78, 5) is 0. The van der Waals surface area contributed by atoms with E-state index in [1.807, 2.05) is 12.1 Å². The molecule has 3 heteroatoms. The van der Waals surface area contributed by atoms with Gasteiger partial charge in [-0.2, -0.15) is 11.8 Å². The molecule has 0 heterocycles. The Morgan fingerprint density at radius 2 is 0.976 bits per heavy atom. The first-order valence-corrected chi connectivity index (χ1v) is 17.6. The van der Waals surface area contributed by atoms with Gasteiger partial charge in [0.1, 0.15) is 11.5 Å². The van der Waals surface area contributed by atoms with E-state index in [1.165, 1.54) is 75.3 Å². The first kappa shape index (κ1) is 35.6. The lowest BCUT2D eigenvalue weighted by Gasteiger charge is -2.40. The normalized spacial score (nSPS) is 12.7. The van der Waals surface area contributed by atoms with Gasteiger partial charge in [-0.15, -0.1) is 0 Å². The minimum absolute atomic E-state index is 0.160. The molecular weight excluding hydrogens is 520 g/mol. The van der Waals surface area contributed by atoms with Gasteiger partial charge in [-0.25, -0.2) is 0 Å². The number of benzene rings is 2. The molecule has 0 spiro atoms. The summed E-state index contributed by atoms with van der Waals surface area (Å²) in [6.45, 7) is 22.1. The molecule has 2 aromatic carbocycles. The van der Waals surface area contributed by atoms with E-state index in [4.69, 9.17) is 0 Å². The van der Waals surface area contributed by atoms with Crippen molar-refractivity contribution in [2.75, 3.05) is 11.5 Å². The summed E-state index contributed by atoms with van der Waals surface area (Å²) in [5, 5.41) is 22.1. The van der Waals surface area contributed by atoms with E-state index in [9.17, 15) is 10.2 Å². The summed E-state index contributed by atoms with van der Waals surface area (Å²) >= 11 is 2.08. The Morgan fingerprint density at radius 1 is 0.561 bits per heavy atom. The van der Waals surface area contributed by atoms with Gasteiger partial charge in [-0.05, 0) is 88.8 Å². The minimum atomic E-state index is -0.198. The number of thioether (sulfide) groups is 1. The lowest BCUT2D eigenvalue weighted by atomic mass is 9.67. The molecule has 0 saturated carbocycles. The molecule has 0 aromatic heterocycles. The van der Waals surface area contributed by atoms with Crippen LogP contribution in [0.2, 0.25) is 0 Å². The van der Waals surface area contributed by atoms with Crippen molar-refractivity contribution >= 4 is 11.8 Å². The predicted molar refractivity (Wildman–Crippen MR) is 183 cm³/mol. The lowest BCUT2D eigenvalue weighted by molar-refractivity contribution is 0.435. The van der Waals surface area contributed by atoms with E-state index in [1.54, 1.807) is 0 Å². The topological polar surface area (TPSA) is 40.5 Å². The van der Waals surface area contributed by atoms with Gasteiger partial charge in [-0.3, -0.25) is 0 Å². The van der Waals surface area contributed by atoms with Gasteiger partial charge in [0, 0.05) is 11.2 Å². The average Bonchev–Trinajstić information content (AvgIpc) is 2.86. The molecule has 0 aliphatic heterocycles. The fourth-order valence-corrected chi connectivity index (χ4v) is 7.75. The zero-order chi connectivity index (χ0) is 30.8. The van der Waals surface area contributed by atoms with E-state index in [0.717, 1.165) is 40.2 Å². The maximum Gasteiger partial charge on any atom is 0.119 e. The van der Waals surface area contributed by atoms with Gasteiger partial charge in [0.25, 0.3) is 0 Å². The molecular formula is C38H62O2S. The molecule has 0 amide bonds. The standard InChI is InChI=1S/C38H62O2S/c1-11-13-15-16-17-18-19-20-21-38(27-41-22-14-12-2,30-25-32(36(5,6)7)34(39)23-28(30)3)31-26-33(37(8,9)10)35(40)24-29(31)4/h23-26,39-40H,11-22,27H2,1-10H3. The first-order valence-electron chi connectivity index (χ1n) is 16.5. The third kappa shape index (κ3) is 9.70. The zero-order valence-electron chi connectivity index (χ0n) is 28.3. The van der Waals surface area contributed by atoms with Gasteiger partial charge in [0.15, 0.2) is 0 Å². The molecule has 2 aromatic rings. The minimum Gasteiger partial charge on any atom is -0.508 e. The second-order valence-electron chi connectivity index (χ2n) is 14.6. The van der Waals surface area contributed by atoms with Crippen LogP contribution in [0.15, 0.2) is 24.3 Å². The van der Waals surface area contributed by atoms with Crippen molar-refractivity contribution in [2.24, 2.45) is 0 Å². The van der Waals surface area contributed by atoms with E-state index in [-0.39, 0.29) is 16.2 Å². The van der Waals surface area contributed by atoms with E-state index in [2.05, 4.69) is 93.1 Å². The maximum absolute atomic E-state index is 11.1. The summed E-state index contributed by atoms with van der Waals surface area (Å²) < 4.78 is 0. The second-order valence-corrected chi connectivity index (χ2v) is 15.7. The van der Waals surface area contributed by atoms with Gasteiger partial charge >= 0.3 is 0 Å².